The Labute approximate surface area is 240 Å². The number of nitrogens with one attached hydrogen (secondary N) is 1. The van der Waals surface area contributed by atoms with Crippen molar-refractivity contribution in [3.63, 3.8) is 0 Å². The molecular weight excluding hydrogens is 532 g/mol. The Morgan fingerprint density at radius 3 is 2.41 bits per heavy atom. The number of hydrogen-bond donors (Lipinski definition) is 1. The number of nitrogens with zero attached hydrogens (tertiary/aromatic N) is 3. The number of aromatic nitrogens is 1. The van der Waals surface area contributed by atoms with Crippen molar-refractivity contribution in [1.29, 1.82) is 0 Å². The molecule has 0 saturated carbocycles. The van der Waals surface area contributed by atoms with Gasteiger partial charge in [0.05, 0.1) is 29.6 Å². The molecule has 210 valence electrons. The van der Waals surface area contributed by atoms with E-state index in [1.54, 1.807) is 30.5 Å². The van der Waals surface area contributed by atoms with Gasteiger partial charge in [0.15, 0.2) is 0 Å². The molecule has 1 atom stereocenters. The predicted octanol–water partition coefficient (Wildman–Crippen LogP) is 6.81. The number of pyridine rings is 1. The van der Waals surface area contributed by atoms with Crippen molar-refractivity contribution in [1.82, 2.24) is 4.98 Å². The van der Waals surface area contributed by atoms with Gasteiger partial charge in [-0.2, -0.15) is 0 Å². The second kappa shape index (κ2) is 15.6. The number of carbonyl (C=O) groups is 1. The Morgan fingerprint density at radius 2 is 1.77 bits per heavy atom. The molecule has 0 spiro atoms. The Kier molecular flexibility index (Phi) is 12.2. The number of ether oxygens (including phenoxy) is 1. The van der Waals surface area contributed by atoms with Crippen LogP contribution in [-0.4, -0.2) is 53.7 Å². The summed E-state index contributed by atoms with van der Waals surface area (Å²) in [4.78, 5) is 19.8. The molecule has 1 aromatic heterocycles. The maximum absolute atomic E-state index is 13.0. The zero-order valence-electron chi connectivity index (χ0n) is 23.3. The molecule has 0 radical (unpaired) electrons. The topological polar surface area (TPSA) is 74.8 Å². The van der Waals surface area contributed by atoms with Crippen LogP contribution in [0.2, 0.25) is 5.02 Å². The number of anilines is 3. The fraction of sp³-hybridized carbons (Fsp3) is 0.400. The lowest BCUT2D eigenvalue weighted by molar-refractivity contribution is 0.102. The fourth-order valence-corrected chi connectivity index (χ4v) is 5.58. The van der Waals surface area contributed by atoms with E-state index in [1.807, 2.05) is 48.5 Å². The first kappa shape index (κ1) is 30.6. The van der Waals surface area contributed by atoms with Crippen molar-refractivity contribution in [2.75, 3.05) is 53.1 Å². The molecular formula is C30H39ClN4O3S. The van der Waals surface area contributed by atoms with Crippen LogP contribution in [0.15, 0.2) is 60.8 Å². The Morgan fingerprint density at radius 1 is 1.08 bits per heavy atom. The molecule has 2 heterocycles. The lowest BCUT2D eigenvalue weighted by atomic mass is 10.1. The van der Waals surface area contributed by atoms with Gasteiger partial charge in [0.1, 0.15) is 11.0 Å². The van der Waals surface area contributed by atoms with Crippen LogP contribution in [0.1, 0.15) is 50.9 Å². The number of benzene rings is 2. The number of carbonyl (C=O) groups excluding carboxylic acids is 1. The van der Waals surface area contributed by atoms with Crippen LogP contribution in [0.5, 0.6) is 0 Å². The van der Waals surface area contributed by atoms with Crippen LogP contribution < -0.4 is 14.5 Å². The van der Waals surface area contributed by atoms with E-state index in [-0.39, 0.29) is 5.91 Å². The van der Waals surface area contributed by atoms with Crippen LogP contribution >= 0.6 is 11.6 Å². The van der Waals surface area contributed by atoms with Gasteiger partial charge in [-0.05, 0) is 67.9 Å². The van der Waals surface area contributed by atoms with E-state index in [0.717, 1.165) is 42.1 Å². The summed E-state index contributed by atoms with van der Waals surface area (Å²) in [5.74, 6) is 0.375. The summed E-state index contributed by atoms with van der Waals surface area (Å²) in [7, 11) is -1.08. The molecule has 7 nitrogen and oxygen atoms in total. The summed E-state index contributed by atoms with van der Waals surface area (Å²) in [5.41, 5.74) is 4.48. The first-order valence-electron chi connectivity index (χ1n) is 13.6. The van der Waals surface area contributed by atoms with Gasteiger partial charge < -0.3 is 15.0 Å². The molecule has 2 aromatic carbocycles. The van der Waals surface area contributed by atoms with Gasteiger partial charge in [-0.3, -0.25) is 14.1 Å². The van der Waals surface area contributed by atoms with Gasteiger partial charge in [-0.15, -0.1) is 0 Å². The second-order valence-electron chi connectivity index (χ2n) is 9.09. The maximum Gasteiger partial charge on any atom is 0.255 e. The van der Waals surface area contributed by atoms with Crippen molar-refractivity contribution in [2.45, 2.75) is 40.5 Å². The SMILES string of the molecule is CCC.CCCS(=O)N(CC)c1ccc(C(=O)Nc2ccc(Cl)c(-c3ncccc3N3CCOCC3)c2)cc1. The van der Waals surface area contributed by atoms with Crippen molar-refractivity contribution < 1.29 is 13.7 Å². The minimum atomic E-state index is -1.08. The average molecular weight is 571 g/mol. The van der Waals surface area contributed by atoms with Crippen LogP contribution in [0.4, 0.5) is 17.1 Å². The molecule has 9 heteroatoms. The first-order chi connectivity index (χ1) is 18.9. The highest BCUT2D eigenvalue weighted by Crippen LogP contribution is 2.35. The molecule has 1 fully saturated rings. The summed E-state index contributed by atoms with van der Waals surface area (Å²) < 4.78 is 19.8. The van der Waals surface area contributed by atoms with Crippen LogP contribution in [0, 0.1) is 0 Å². The zero-order chi connectivity index (χ0) is 28.2. The van der Waals surface area contributed by atoms with Crippen molar-refractivity contribution >= 4 is 45.6 Å². The minimum Gasteiger partial charge on any atom is -0.378 e. The summed E-state index contributed by atoms with van der Waals surface area (Å²) in [6, 6.07) is 16.5. The number of hydrogen-bond acceptors (Lipinski definition) is 5. The third-order valence-electron chi connectivity index (χ3n) is 5.95. The van der Waals surface area contributed by atoms with Crippen LogP contribution in [0.25, 0.3) is 11.3 Å². The van der Waals surface area contributed by atoms with Gasteiger partial charge in [-0.1, -0.05) is 38.8 Å². The van der Waals surface area contributed by atoms with Gasteiger partial charge in [0, 0.05) is 54.1 Å². The molecule has 0 aliphatic carbocycles. The highest BCUT2D eigenvalue weighted by atomic mass is 35.5. The van der Waals surface area contributed by atoms with E-state index in [4.69, 9.17) is 16.3 Å². The van der Waals surface area contributed by atoms with E-state index in [9.17, 15) is 9.00 Å². The zero-order valence-corrected chi connectivity index (χ0v) is 24.9. The van der Waals surface area contributed by atoms with Gasteiger partial charge >= 0.3 is 0 Å². The standard InChI is InChI=1S/C27H31ClN4O3S.C3H8/c1-3-18-36(34)32(4-2)22-10-7-20(8-11-22)27(33)30-21-9-12-24(28)23(19-21)26-25(6-5-13-29-26)31-14-16-35-17-15-31;1-3-2/h5-13,19H,3-4,14-18H2,1-2H3,(H,30,33);3H2,1-2H3. The molecule has 1 aliphatic heterocycles. The molecule has 1 saturated heterocycles. The summed E-state index contributed by atoms with van der Waals surface area (Å²) in [5, 5.41) is 3.53. The Bertz CT molecular complexity index is 1230. The normalized spacial score (nSPS) is 13.7. The molecule has 3 aromatic rings. The average Bonchev–Trinajstić information content (AvgIpc) is 2.96. The predicted molar refractivity (Wildman–Crippen MR) is 164 cm³/mol. The lowest BCUT2D eigenvalue weighted by Crippen LogP contribution is -2.36. The number of morpholine rings is 1. The first-order valence-corrected chi connectivity index (χ1v) is 15.2. The third kappa shape index (κ3) is 8.27. The van der Waals surface area contributed by atoms with E-state index in [0.29, 0.717) is 41.8 Å². The second-order valence-corrected chi connectivity index (χ2v) is 11.0. The molecule has 1 amide bonds. The molecule has 1 aliphatic rings. The molecule has 1 N–H and O–H groups in total. The fourth-order valence-electron chi connectivity index (χ4n) is 4.16. The summed E-state index contributed by atoms with van der Waals surface area (Å²) in [6.07, 6.45) is 3.84. The third-order valence-corrected chi connectivity index (χ3v) is 7.99. The van der Waals surface area contributed by atoms with Gasteiger partial charge in [0.25, 0.3) is 5.91 Å². The molecule has 4 rings (SSSR count). The number of halogens is 1. The Balaban J connectivity index is 0.00000134. The summed E-state index contributed by atoms with van der Waals surface area (Å²) >= 11 is 6.58. The minimum absolute atomic E-state index is 0.234. The van der Waals surface area contributed by atoms with Gasteiger partial charge in [0.2, 0.25) is 0 Å². The highest BCUT2D eigenvalue weighted by molar-refractivity contribution is 7.86. The monoisotopic (exact) mass is 570 g/mol. The van der Waals surface area contributed by atoms with E-state index in [2.05, 4.69) is 29.0 Å². The van der Waals surface area contributed by atoms with Crippen molar-refractivity contribution in [3.05, 3.63) is 71.4 Å². The summed E-state index contributed by atoms with van der Waals surface area (Å²) in [6.45, 7) is 11.8. The smallest absolute Gasteiger partial charge is 0.255 e. The van der Waals surface area contributed by atoms with Crippen LogP contribution in [0.3, 0.4) is 0 Å². The Hall–Kier alpha value is -2.94. The number of amides is 1. The molecule has 39 heavy (non-hydrogen) atoms. The largest absolute Gasteiger partial charge is 0.378 e. The van der Waals surface area contributed by atoms with E-state index >= 15 is 0 Å². The van der Waals surface area contributed by atoms with E-state index < -0.39 is 11.0 Å². The number of rotatable bonds is 9. The van der Waals surface area contributed by atoms with Crippen molar-refractivity contribution in [2.24, 2.45) is 0 Å². The van der Waals surface area contributed by atoms with Crippen molar-refractivity contribution in [3.8, 4) is 11.3 Å². The lowest BCUT2D eigenvalue weighted by Gasteiger charge is -2.30. The molecule has 1 unspecified atom stereocenters. The maximum atomic E-state index is 13.0. The quantitative estimate of drug-likeness (QED) is 0.306. The van der Waals surface area contributed by atoms with Crippen LogP contribution in [-0.2, 0) is 15.7 Å². The molecule has 0 bridgehead atoms. The van der Waals surface area contributed by atoms with E-state index in [1.165, 1.54) is 6.42 Å². The highest BCUT2D eigenvalue weighted by Gasteiger charge is 2.19. The van der Waals surface area contributed by atoms with Gasteiger partial charge in [-0.25, -0.2) is 4.21 Å².